The van der Waals surface area contributed by atoms with Crippen molar-refractivity contribution >= 4 is 0 Å². The van der Waals surface area contributed by atoms with Crippen LogP contribution in [0.15, 0.2) is 12.2 Å². The van der Waals surface area contributed by atoms with Gasteiger partial charge in [0.15, 0.2) is 0 Å². The Morgan fingerprint density at radius 2 is 1.92 bits per heavy atom. The van der Waals surface area contributed by atoms with E-state index in [9.17, 15) is 0 Å². The highest BCUT2D eigenvalue weighted by molar-refractivity contribution is 4.76. The SMILES string of the molecule is CC=CCCCC(C)CCCO. The van der Waals surface area contributed by atoms with Gasteiger partial charge in [-0.25, -0.2) is 0 Å². The van der Waals surface area contributed by atoms with Crippen molar-refractivity contribution in [3.05, 3.63) is 12.2 Å². The van der Waals surface area contributed by atoms with Gasteiger partial charge in [0.05, 0.1) is 0 Å². The Kier molecular flexibility index (Phi) is 8.57. The predicted molar refractivity (Wildman–Crippen MR) is 54.1 cm³/mol. The third-order valence-electron chi connectivity index (χ3n) is 2.16. The molecule has 12 heavy (non-hydrogen) atoms. The summed E-state index contributed by atoms with van der Waals surface area (Å²) in [4.78, 5) is 0. The third-order valence-corrected chi connectivity index (χ3v) is 2.16. The van der Waals surface area contributed by atoms with E-state index in [-0.39, 0.29) is 0 Å². The van der Waals surface area contributed by atoms with E-state index in [1.165, 1.54) is 25.7 Å². The molecule has 0 aliphatic rings. The van der Waals surface area contributed by atoms with E-state index >= 15 is 0 Å². The molecule has 1 atom stereocenters. The lowest BCUT2D eigenvalue weighted by atomic mass is 9.99. The second kappa shape index (κ2) is 8.79. The number of unbranched alkanes of at least 4 members (excludes halogenated alkanes) is 1. The maximum Gasteiger partial charge on any atom is 0.0431 e. The van der Waals surface area contributed by atoms with Gasteiger partial charge in [0, 0.05) is 6.61 Å². The van der Waals surface area contributed by atoms with Gasteiger partial charge in [-0.05, 0) is 38.5 Å². The van der Waals surface area contributed by atoms with Crippen molar-refractivity contribution in [1.82, 2.24) is 0 Å². The minimum atomic E-state index is 0.346. The highest BCUT2D eigenvalue weighted by atomic mass is 16.2. The van der Waals surface area contributed by atoms with Crippen LogP contribution in [0.2, 0.25) is 0 Å². The van der Waals surface area contributed by atoms with E-state index in [2.05, 4.69) is 26.0 Å². The number of aliphatic hydroxyl groups is 1. The molecule has 1 heteroatoms. The van der Waals surface area contributed by atoms with Crippen LogP contribution >= 0.6 is 0 Å². The maximum absolute atomic E-state index is 8.61. The van der Waals surface area contributed by atoms with E-state index in [1.54, 1.807) is 0 Å². The molecule has 1 nitrogen and oxygen atoms in total. The standard InChI is InChI=1S/C11H22O/c1-3-4-5-6-8-11(2)9-7-10-12/h3-4,11-12H,5-10H2,1-2H3. The number of rotatable bonds is 7. The molecule has 1 N–H and O–H groups in total. The van der Waals surface area contributed by atoms with Gasteiger partial charge in [0.25, 0.3) is 0 Å². The first-order chi connectivity index (χ1) is 5.81. The number of hydrogen-bond acceptors (Lipinski definition) is 1. The summed E-state index contributed by atoms with van der Waals surface area (Å²) in [7, 11) is 0. The Morgan fingerprint density at radius 1 is 1.25 bits per heavy atom. The second-order valence-electron chi connectivity index (χ2n) is 3.47. The van der Waals surface area contributed by atoms with E-state index in [0.717, 1.165) is 12.3 Å². The van der Waals surface area contributed by atoms with Crippen molar-refractivity contribution < 1.29 is 5.11 Å². The number of allylic oxidation sites excluding steroid dienone is 2. The highest BCUT2D eigenvalue weighted by Crippen LogP contribution is 2.13. The summed E-state index contributed by atoms with van der Waals surface area (Å²) in [5, 5.41) is 8.61. The molecule has 0 heterocycles. The van der Waals surface area contributed by atoms with E-state index in [1.807, 2.05) is 0 Å². The second-order valence-corrected chi connectivity index (χ2v) is 3.47. The normalized spacial score (nSPS) is 13.9. The summed E-state index contributed by atoms with van der Waals surface area (Å²) < 4.78 is 0. The average molecular weight is 170 g/mol. The minimum Gasteiger partial charge on any atom is -0.396 e. The zero-order valence-corrected chi connectivity index (χ0v) is 8.42. The van der Waals surface area contributed by atoms with Crippen LogP contribution in [0, 0.1) is 5.92 Å². The van der Waals surface area contributed by atoms with Crippen molar-refractivity contribution in [3.8, 4) is 0 Å². The van der Waals surface area contributed by atoms with Gasteiger partial charge in [-0.1, -0.05) is 25.5 Å². The summed E-state index contributed by atoms with van der Waals surface area (Å²) in [6.07, 6.45) is 10.3. The Hall–Kier alpha value is -0.300. The van der Waals surface area contributed by atoms with Crippen molar-refractivity contribution in [2.75, 3.05) is 6.61 Å². The van der Waals surface area contributed by atoms with Gasteiger partial charge < -0.3 is 5.11 Å². The molecular weight excluding hydrogens is 148 g/mol. The van der Waals surface area contributed by atoms with Crippen LogP contribution in [0.5, 0.6) is 0 Å². The molecule has 0 aromatic rings. The Bertz CT molecular complexity index is 108. The van der Waals surface area contributed by atoms with Crippen LogP contribution in [0.25, 0.3) is 0 Å². The average Bonchev–Trinajstić information content (AvgIpc) is 2.09. The molecule has 0 saturated carbocycles. The quantitative estimate of drug-likeness (QED) is 0.459. The van der Waals surface area contributed by atoms with Crippen LogP contribution < -0.4 is 0 Å². The Labute approximate surface area is 76.5 Å². The Morgan fingerprint density at radius 3 is 2.50 bits per heavy atom. The molecule has 0 aliphatic carbocycles. The Balaban J connectivity index is 3.13. The van der Waals surface area contributed by atoms with Crippen LogP contribution in [-0.2, 0) is 0 Å². The molecule has 0 radical (unpaired) electrons. The first-order valence-electron chi connectivity index (χ1n) is 5.03. The molecule has 0 amide bonds. The first-order valence-corrected chi connectivity index (χ1v) is 5.03. The summed E-state index contributed by atoms with van der Waals surface area (Å²) >= 11 is 0. The van der Waals surface area contributed by atoms with Crippen LogP contribution in [-0.4, -0.2) is 11.7 Å². The molecule has 0 aliphatic heterocycles. The first kappa shape index (κ1) is 11.7. The fourth-order valence-electron chi connectivity index (χ4n) is 1.33. The summed E-state index contributed by atoms with van der Waals surface area (Å²) in [6.45, 7) is 4.68. The smallest absolute Gasteiger partial charge is 0.0431 e. The lowest BCUT2D eigenvalue weighted by Crippen LogP contribution is -1.96. The molecule has 0 rings (SSSR count). The molecule has 0 aromatic heterocycles. The topological polar surface area (TPSA) is 20.2 Å². The van der Waals surface area contributed by atoms with Crippen molar-refractivity contribution in [2.45, 2.75) is 46.0 Å². The van der Waals surface area contributed by atoms with Gasteiger partial charge in [-0.2, -0.15) is 0 Å². The summed E-state index contributed by atoms with van der Waals surface area (Å²) in [6, 6.07) is 0. The minimum absolute atomic E-state index is 0.346. The zero-order valence-electron chi connectivity index (χ0n) is 8.42. The molecular formula is C11H22O. The molecule has 72 valence electrons. The largest absolute Gasteiger partial charge is 0.396 e. The van der Waals surface area contributed by atoms with Crippen LogP contribution in [0.4, 0.5) is 0 Å². The van der Waals surface area contributed by atoms with Crippen LogP contribution in [0.3, 0.4) is 0 Å². The number of hydrogen-bond donors (Lipinski definition) is 1. The lowest BCUT2D eigenvalue weighted by Gasteiger charge is -2.08. The summed E-state index contributed by atoms with van der Waals surface area (Å²) in [5.74, 6) is 0.780. The molecule has 0 bridgehead atoms. The van der Waals surface area contributed by atoms with Crippen molar-refractivity contribution in [2.24, 2.45) is 5.92 Å². The summed E-state index contributed by atoms with van der Waals surface area (Å²) in [5.41, 5.74) is 0. The fourth-order valence-corrected chi connectivity index (χ4v) is 1.33. The van der Waals surface area contributed by atoms with Gasteiger partial charge in [-0.15, -0.1) is 0 Å². The molecule has 1 unspecified atom stereocenters. The van der Waals surface area contributed by atoms with E-state index in [4.69, 9.17) is 5.11 Å². The van der Waals surface area contributed by atoms with Crippen molar-refractivity contribution in [1.29, 1.82) is 0 Å². The van der Waals surface area contributed by atoms with Gasteiger partial charge in [0.2, 0.25) is 0 Å². The van der Waals surface area contributed by atoms with Gasteiger partial charge in [-0.3, -0.25) is 0 Å². The molecule has 0 saturated heterocycles. The van der Waals surface area contributed by atoms with Gasteiger partial charge in [0.1, 0.15) is 0 Å². The van der Waals surface area contributed by atoms with E-state index in [0.29, 0.717) is 6.61 Å². The van der Waals surface area contributed by atoms with Crippen molar-refractivity contribution in [3.63, 3.8) is 0 Å². The molecule has 0 fully saturated rings. The maximum atomic E-state index is 8.61. The zero-order chi connectivity index (χ0) is 9.23. The lowest BCUT2D eigenvalue weighted by molar-refractivity contribution is 0.271. The molecule has 0 aromatic carbocycles. The van der Waals surface area contributed by atoms with Gasteiger partial charge >= 0.3 is 0 Å². The highest BCUT2D eigenvalue weighted by Gasteiger charge is 1.99. The van der Waals surface area contributed by atoms with E-state index < -0.39 is 0 Å². The fraction of sp³-hybridized carbons (Fsp3) is 0.818. The van der Waals surface area contributed by atoms with Crippen LogP contribution in [0.1, 0.15) is 46.0 Å². The third kappa shape index (κ3) is 7.80. The number of aliphatic hydroxyl groups excluding tert-OH is 1. The molecule has 0 spiro atoms. The predicted octanol–water partition coefficient (Wildman–Crippen LogP) is 3.14. The monoisotopic (exact) mass is 170 g/mol.